The normalized spacial score (nSPS) is 19.2. The van der Waals surface area contributed by atoms with Crippen LogP contribution in [-0.2, 0) is 0 Å². The van der Waals surface area contributed by atoms with Crippen LogP contribution in [0.4, 0.5) is 0 Å². The van der Waals surface area contributed by atoms with Crippen LogP contribution in [0.1, 0.15) is 38.2 Å². The molecule has 0 saturated heterocycles. The molecule has 2 aliphatic carbocycles. The molecule has 0 aliphatic heterocycles. The standard InChI is InChI=1S/C37H31N/c1-24-10-9-11-27-23-32(29-14-5-6-15-30(29)36(24)27)26-19-18-25-20-21-35-37(33(25)22-26)31-16-7-8-17-34(31)38(35)28-12-3-2-4-13-28/h2-8,12-22,24,27H,9-11,23H2,1H3/t24-,27?/m0/s1. The van der Waals surface area contributed by atoms with Gasteiger partial charge in [-0.05, 0) is 93.8 Å². The number of aromatic nitrogens is 1. The summed E-state index contributed by atoms with van der Waals surface area (Å²) in [6.45, 7) is 2.44. The van der Waals surface area contributed by atoms with Gasteiger partial charge in [-0.25, -0.2) is 0 Å². The summed E-state index contributed by atoms with van der Waals surface area (Å²) in [5.41, 5.74) is 8.36. The van der Waals surface area contributed by atoms with Crippen LogP contribution < -0.4 is 10.4 Å². The van der Waals surface area contributed by atoms with E-state index in [4.69, 9.17) is 0 Å². The second kappa shape index (κ2) is 8.46. The van der Waals surface area contributed by atoms with Gasteiger partial charge in [0.15, 0.2) is 0 Å². The zero-order valence-electron chi connectivity index (χ0n) is 21.8. The van der Waals surface area contributed by atoms with Crippen molar-refractivity contribution in [2.75, 3.05) is 0 Å². The Bertz CT molecular complexity index is 1990. The maximum Gasteiger partial charge on any atom is 0.0547 e. The molecule has 0 bridgehead atoms. The number of fused-ring (bicyclic) bond motifs is 7. The molecule has 0 amide bonds. The van der Waals surface area contributed by atoms with Crippen LogP contribution in [0.25, 0.3) is 49.4 Å². The fraction of sp³-hybridized carbons (Fsp3) is 0.189. The minimum atomic E-state index is 0.676. The van der Waals surface area contributed by atoms with Crippen molar-refractivity contribution in [1.29, 1.82) is 0 Å². The summed E-state index contributed by atoms with van der Waals surface area (Å²) >= 11 is 0. The van der Waals surface area contributed by atoms with Gasteiger partial charge < -0.3 is 4.57 Å². The van der Waals surface area contributed by atoms with E-state index in [1.165, 1.54) is 79.1 Å². The minimum Gasteiger partial charge on any atom is -0.309 e. The molecule has 0 spiro atoms. The van der Waals surface area contributed by atoms with Crippen LogP contribution in [0.3, 0.4) is 0 Å². The third-order valence-electron chi connectivity index (χ3n) is 9.19. The Balaban J connectivity index is 1.45. The smallest absolute Gasteiger partial charge is 0.0547 e. The lowest BCUT2D eigenvalue weighted by atomic mass is 9.70. The Kier molecular flexibility index (Phi) is 4.88. The van der Waals surface area contributed by atoms with Gasteiger partial charge in [0.2, 0.25) is 0 Å². The number of hydrogen-bond acceptors (Lipinski definition) is 0. The molecule has 1 nitrogen and oxygen atoms in total. The van der Waals surface area contributed by atoms with Crippen molar-refractivity contribution in [1.82, 2.24) is 4.57 Å². The Labute approximate surface area is 223 Å². The molecule has 0 N–H and O–H groups in total. The molecular weight excluding hydrogens is 458 g/mol. The molecular formula is C37H31N. The summed E-state index contributed by atoms with van der Waals surface area (Å²) in [5, 5.41) is 8.28. The highest BCUT2D eigenvalue weighted by Gasteiger charge is 2.29. The summed E-state index contributed by atoms with van der Waals surface area (Å²) in [6, 6.07) is 40.6. The van der Waals surface area contributed by atoms with Crippen molar-refractivity contribution in [2.45, 2.75) is 32.6 Å². The fourth-order valence-corrected chi connectivity index (χ4v) is 7.54. The molecule has 2 aliphatic rings. The second-order valence-corrected chi connectivity index (χ2v) is 11.3. The van der Waals surface area contributed by atoms with E-state index in [2.05, 4.69) is 121 Å². The zero-order chi connectivity index (χ0) is 25.2. The molecule has 1 aromatic heterocycles. The minimum absolute atomic E-state index is 0.676. The third-order valence-corrected chi connectivity index (χ3v) is 9.19. The van der Waals surface area contributed by atoms with E-state index in [0.29, 0.717) is 11.8 Å². The first-order chi connectivity index (χ1) is 18.8. The van der Waals surface area contributed by atoms with E-state index in [1.807, 2.05) is 0 Å². The quantitative estimate of drug-likeness (QED) is 0.231. The molecule has 38 heavy (non-hydrogen) atoms. The Morgan fingerprint density at radius 2 is 1.42 bits per heavy atom. The maximum absolute atomic E-state index is 2.49. The lowest BCUT2D eigenvalue weighted by Crippen LogP contribution is -2.39. The average molecular weight is 490 g/mol. The van der Waals surface area contributed by atoms with Crippen LogP contribution in [0, 0.1) is 11.8 Å². The highest BCUT2D eigenvalue weighted by atomic mass is 15.0. The first-order valence-electron chi connectivity index (χ1n) is 14.1. The second-order valence-electron chi connectivity index (χ2n) is 11.3. The Morgan fingerprint density at radius 1 is 0.658 bits per heavy atom. The van der Waals surface area contributed by atoms with Gasteiger partial charge in [-0.15, -0.1) is 0 Å². The van der Waals surface area contributed by atoms with Crippen molar-refractivity contribution in [3.8, 4) is 5.69 Å². The molecule has 184 valence electrons. The van der Waals surface area contributed by atoms with Gasteiger partial charge >= 0.3 is 0 Å². The van der Waals surface area contributed by atoms with Crippen molar-refractivity contribution in [3.63, 3.8) is 0 Å². The summed E-state index contributed by atoms with van der Waals surface area (Å²) in [7, 11) is 0. The first kappa shape index (κ1) is 21.9. The van der Waals surface area contributed by atoms with Gasteiger partial charge in [0.1, 0.15) is 0 Å². The van der Waals surface area contributed by atoms with Crippen LogP contribution in [0.2, 0.25) is 0 Å². The van der Waals surface area contributed by atoms with E-state index in [0.717, 1.165) is 6.42 Å². The molecule has 1 unspecified atom stereocenters. The Hall–Kier alpha value is -4.10. The molecule has 1 heterocycles. The summed E-state index contributed by atoms with van der Waals surface area (Å²) in [5.74, 6) is 1.37. The largest absolute Gasteiger partial charge is 0.309 e. The average Bonchev–Trinajstić information content (AvgIpc) is 3.32. The van der Waals surface area contributed by atoms with Gasteiger partial charge in [-0.3, -0.25) is 0 Å². The van der Waals surface area contributed by atoms with E-state index >= 15 is 0 Å². The zero-order valence-corrected chi connectivity index (χ0v) is 21.8. The number of benzene rings is 5. The van der Waals surface area contributed by atoms with E-state index in [-0.39, 0.29) is 0 Å². The number of hydrogen-bond donors (Lipinski definition) is 0. The lowest BCUT2D eigenvalue weighted by molar-refractivity contribution is 0.438. The third kappa shape index (κ3) is 3.18. The molecule has 1 saturated carbocycles. The van der Waals surface area contributed by atoms with Gasteiger partial charge in [0.25, 0.3) is 0 Å². The Morgan fingerprint density at radius 3 is 2.32 bits per heavy atom. The van der Waals surface area contributed by atoms with Crippen LogP contribution >= 0.6 is 0 Å². The van der Waals surface area contributed by atoms with Crippen LogP contribution in [0.5, 0.6) is 0 Å². The SMILES string of the molecule is C[C@H]1CCCC2CC(c3ccc4ccc5c(c4c3)c3ccccc3n5-c3ccccc3)=c3ccccc3=C21. The lowest BCUT2D eigenvalue weighted by Gasteiger charge is -2.34. The first-order valence-corrected chi connectivity index (χ1v) is 14.1. The summed E-state index contributed by atoms with van der Waals surface area (Å²) < 4.78 is 2.42. The molecule has 1 heteroatoms. The van der Waals surface area contributed by atoms with Crippen molar-refractivity contribution >= 4 is 43.7 Å². The maximum atomic E-state index is 2.49. The molecule has 5 aromatic carbocycles. The highest BCUT2D eigenvalue weighted by Crippen LogP contribution is 2.42. The van der Waals surface area contributed by atoms with Crippen molar-refractivity contribution < 1.29 is 0 Å². The predicted molar refractivity (Wildman–Crippen MR) is 161 cm³/mol. The molecule has 8 rings (SSSR count). The van der Waals surface area contributed by atoms with E-state index in [1.54, 1.807) is 5.57 Å². The van der Waals surface area contributed by atoms with Crippen LogP contribution in [0.15, 0.2) is 109 Å². The van der Waals surface area contributed by atoms with Crippen LogP contribution in [-0.4, -0.2) is 4.57 Å². The summed E-state index contributed by atoms with van der Waals surface area (Å²) in [6.07, 6.45) is 5.15. The van der Waals surface area contributed by atoms with E-state index in [9.17, 15) is 0 Å². The molecule has 0 radical (unpaired) electrons. The predicted octanol–water partition coefficient (Wildman–Crippen LogP) is 8.13. The monoisotopic (exact) mass is 489 g/mol. The number of nitrogens with zero attached hydrogens (tertiary/aromatic N) is 1. The molecule has 1 fully saturated rings. The molecule has 2 atom stereocenters. The van der Waals surface area contributed by atoms with E-state index < -0.39 is 0 Å². The van der Waals surface area contributed by atoms with Gasteiger partial charge in [0.05, 0.1) is 11.0 Å². The number of rotatable bonds is 2. The van der Waals surface area contributed by atoms with Gasteiger partial charge in [0, 0.05) is 16.5 Å². The topological polar surface area (TPSA) is 4.93 Å². The molecule has 6 aromatic rings. The highest BCUT2D eigenvalue weighted by molar-refractivity contribution is 6.21. The van der Waals surface area contributed by atoms with Crippen molar-refractivity contribution in [2.24, 2.45) is 11.8 Å². The van der Waals surface area contributed by atoms with Gasteiger partial charge in [-0.1, -0.05) is 97.8 Å². The van der Waals surface area contributed by atoms with Crippen molar-refractivity contribution in [3.05, 3.63) is 125 Å². The van der Waals surface area contributed by atoms with Gasteiger partial charge in [-0.2, -0.15) is 0 Å². The summed E-state index contributed by atoms with van der Waals surface area (Å²) in [4.78, 5) is 0. The number of para-hydroxylation sites is 2. The fourth-order valence-electron chi connectivity index (χ4n) is 7.54.